The van der Waals surface area contributed by atoms with E-state index in [1.807, 2.05) is 109 Å². The maximum atomic E-state index is 13.9. The SMILES string of the molecule is COC(=O)C(Sc1ccccc1N)/C(=C(/[O-])OC)[P+](c1ccccc1)(c1ccccc1)c1ccccc1. The van der Waals surface area contributed by atoms with Crippen LogP contribution < -0.4 is 26.8 Å². The summed E-state index contributed by atoms with van der Waals surface area (Å²) >= 11 is 1.20. The highest BCUT2D eigenvalue weighted by Crippen LogP contribution is 2.66. The molecule has 4 rings (SSSR count). The van der Waals surface area contributed by atoms with Crippen LogP contribution in [0.5, 0.6) is 0 Å². The van der Waals surface area contributed by atoms with Crippen LogP contribution >= 0.6 is 19.0 Å². The number of rotatable bonds is 9. The smallest absolute Gasteiger partial charge is 0.327 e. The first-order valence-electron chi connectivity index (χ1n) is 11.6. The van der Waals surface area contributed by atoms with Crippen LogP contribution in [0.4, 0.5) is 5.69 Å². The number of carbonyl (C=O) groups excluding carboxylic acids is 1. The highest BCUT2D eigenvalue weighted by Gasteiger charge is 2.55. The minimum atomic E-state index is -2.93. The Balaban J connectivity index is 2.14. The fourth-order valence-corrected chi connectivity index (χ4v) is 10.4. The van der Waals surface area contributed by atoms with Crippen molar-refractivity contribution in [1.82, 2.24) is 0 Å². The highest BCUT2D eigenvalue weighted by atomic mass is 32.2. The van der Waals surface area contributed by atoms with Gasteiger partial charge in [0.25, 0.3) is 0 Å². The second kappa shape index (κ2) is 12.0. The second-order valence-electron chi connectivity index (χ2n) is 8.11. The Kier molecular flexibility index (Phi) is 8.54. The Morgan fingerprint density at radius 3 is 1.57 bits per heavy atom. The predicted molar refractivity (Wildman–Crippen MR) is 152 cm³/mol. The van der Waals surface area contributed by atoms with Gasteiger partial charge in [0.05, 0.1) is 13.1 Å². The summed E-state index contributed by atoms with van der Waals surface area (Å²) in [6.07, 6.45) is 0. The summed E-state index contributed by atoms with van der Waals surface area (Å²) in [5.41, 5.74) is 6.78. The van der Waals surface area contributed by atoms with Gasteiger partial charge in [-0.05, 0) is 55.6 Å². The van der Waals surface area contributed by atoms with E-state index in [4.69, 9.17) is 15.2 Å². The minimum absolute atomic E-state index is 0.332. The van der Waals surface area contributed by atoms with E-state index in [9.17, 15) is 9.90 Å². The molecule has 0 aliphatic rings. The number of nitrogen functional groups attached to an aromatic ring is 1. The standard InChI is InChI=1S/C30H28NO4PS/c1-34-29(32)27(28(30(33)35-2)37-26-21-13-12-20-25(26)31)36(22-14-6-3-7-15-22,23-16-8-4-9-17-23)24-18-10-5-11-19-24/h3-21,28H,31H2,1-2H3/b29-27+. The van der Waals surface area contributed by atoms with E-state index in [0.717, 1.165) is 15.9 Å². The molecule has 188 valence electrons. The molecule has 0 fully saturated rings. The molecule has 5 nitrogen and oxygen atoms in total. The first kappa shape index (κ1) is 26.3. The van der Waals surface area contributed by atoms with Crippen molar-refractivity contribution >= 4 is 46.6 Å². The molecule has 4 aromatic rings. The first-order chi connectivity index (χ1) is 18.0. The van der Waals surface area contributed by atoms with Gasteiger partial charge in [-0.1, -0.05) is 66.7 Å². The number of ether oxygens (including phenoxy) is 2. The number of hydrogen-bond acceptors (Lipinski definition) is 6. The molecule has 1 unspecified atom stereocenters. The Hall–Kier alpha value is -3.73. The van der Waals surface area contributed by atoms with Gasteiger partial charge in [-0.3, -0.25) is 4.79 Å². The number of benzene rings is 4. The van der Waals surface area contributed by atoms with Crippen molar-refractivity contribution in [2.45, 2.75) is 10.1 Å². The van der Waals surface area contributed by atoms with Gasteiger partial charge in [0.15, 0.2) is 5.25 Å². The molecule has 0 radical (unpaired) electrons. The number of thioether (sulfide) groups is 1. The van der Waals surface area contributed by atoms with Crippen molar-refractivity contribution < 1.29 is 19.4 Å². The molecule has 0 aliphatic carbocycles. The normalized spacial score (nSPS) is 12.8. The molecule has 2 N–H and O–H groups in total. The summed E-state index contributed by atoms with van der Waals surface area (Å²) in [5.74, 6) is -1.12. The van der Waals surface area contributed by atoms with Crippen molar-refractivity contribution in [2.24, 2.45) is 0 Å². The Morgan fingerprint density at radius 1 is 0.730 bits per heavy atom. The third-order valence-electron chi connectivity index (χ3n) is 6.01. The fourth-order valence-electron chi connectivity index (χ4n) is 4.38. The van der Waals surface area contributed by atoms with Crippen LogP contribution in [-0.4, -0.2) is 25.4 Å². The van der Waals surface area contributed by atoms with Crippen molar-refractivity contribution in [3.05, 3.63) is 127 Å². The van der Waals surface area contributed by atoms with E-state index in [-0.39, 0.29) is 0 Å². The number of anilines is 1. The van der Waals surface area contributed by atoms with Crippen LogP contribution in [-0.2, 0) is 14.3 Å². The average Bonchev–Trinajstić information content (AvgIpc) is 2.96. The lowest BCUT2D eigenvalue weighted by molar-refractivity contribution is -0.354. The lowest BCUT2D eigenvalue weighted by atomic mass is 10.3. The monoisotopic (exact) mass is 529 g/mol. The number of hydrogen-bond donors (Lipinski definition) is 1. The molecule has 0 saturated heterocycles. The summed E-state index contributed by atoms with van der Waals surface area (Å²) < 4.78 is 10.7. The van der Waals surface area contributed by atoms with Crippen molar-refractivity contribution in [1.29, 1.82) is 0 Å². The quantitative estimate of drug-likeness (QED) is 0.116. The lowest BCUT2D eigenvalue weighted by Gasteiger charge is -2.34. The van der Waals surface area contributed by atoms with E-state index in [1.165, 1.54) is 26.0 Å². The van der Waals surface area contributed by atoms with Crippen LogP contribution in [0, 0.1) is 0 Å². The zero-order valence-corrected chi connectivity index (χ0v) is 22.3. The number of carbonyl (C=O) groups is 1. The zero-order valence-electron chi connectivity index (χ0n) is 20.6. The Labute approximate surface area is 222 Å². The molecule has 4 aromatic carbocycles. The van der Waals surface area contributed by atoms with Gasteiger partial charge in [-0.2, -0.15) is 0 Å². The average molecular weight is 530 g/mol. The molecule has 37 heavy (non-hydrogen) atoms. The van der Waals surface area contributed by atoms with Crippen molar-refractivity contribution in [2.75, 3.05) is 20.0 Å². The van der Waals surface area contributed by atoms with E-state index >= 15 is 0 Å². The number of para-hydroxylation sites is 1. The van der Waals surface area contributed by atoms with E-state index < -0.39 is 24.4 Å². The zero-order chi connectivity index (χ0) is 26.3. The molecular formula is C30H28NO4PS. The van der Waals surface area contributed by atoms with Gasteiger partial charge in [-0.25, -0.2) is 0 Å². The molecule has 1 atom stereocenters. The Bertz CT molecular complexity index is 1270. The summed E-state index contributed by atoms with van der Waals surface area (Å²) in [4.78, 5) is 14.2. The van der Waals surface area contributed by atoms with E-state index in [0.29, 0.717) is 15.9 Å². The molecular weight excluding hydrogens is 501 g/mol. The molecule has 0 amide bonds. The molecule has 0 bridgehead atoms. The van der Waals surface area contributed by atoms with Gasteiger partial charge in [0, 0.05) is 10.6 Å². The van der Waals surface area contributed by atoms with Gasteiger partial charge in [-0.15, -0.1) is 11.8 Å². The van der Waals surface area contributed by atoms with E-state index in [1.54, 1.807) is 6.07 Å². The maximum Gasteiger partial charge on any atom is 0.327 e. The summed E-state index contributed by atoms with van der Waals surface area (Å²) in [6, 6.07) is 36.8. The van der Waals surface area contributed by atoms with Crippen LogP contribution in [0.15, 0.2) is 131 Å². The number of esters is 1. The summed E-state index contributed by atoms with van der Waals surface area (Å²) in [6.45, 7) is 0. The van der Waals surface area contributed by atoms with E-state index in [2.05, 4.69) is 0 Å². The second-order valence-corrected chi connectivity index (χ2v) is 12.6. The van der Waals surface area contributed by atoms with Crippen LogP contribution in [0.3, 0.4) is 0 Å². The van der Waals surface area contributed by atoms with Crippen LogP contribution in [0.25, 0.3) is 0 Å². The molecule has 7 heteroatoms. The number of methoxy groups -OCH3 is 2. The van der Waals surface area contributed by atoms with Crippen molar-refractivity contribution in [3.63, 3.8) is 0 Å². The summed E-state index contributed by atoms with van der Waals surface area (Å²) in [5, 5.41) is 16.0. The number of nitrogens with two attached hydrogens (primary N) is 1. The van der Waals surface area contributed by atoms with Crippen molar-refractivity contribution in [3.8, 4) is 0 Å². The molecule has 0 saturated carbocycles. The molecule has 0 spiro atoms. The predicted octanol–water partition coefficient (Wildman–Crippen LogP) is 4.07. The third-order valence-corrected chi connectivity index (χ3v) is 11.9. The topological polar surface area (TPSA) is 84.6 Å². The highest BCUT2D eigenvalue weighted by molar-refractivity contribution is 8.04. The van der Waals surface area contributed by atoms with Crippen LogP contribution in [0.2, 0.25) is 0 Å². The van der Waals surface area contributed by atoms with Gasteiger partial charge in [0.1, 0.15) is 28.5 Å². The van der Waals surface area contributed by atoms with Gasteiger partial charge >= 0.3 is 5.97 Å². The first-order valence-corrected chi connectivity index (χ1v) is 14.3. The van der Waals surface area contributed by atoms with Crippen LogP contribution in [0.1, 0.15) is 0 Å². The summed E-state index contributed by atoms with van der Waals surface area (Å²) in [7, 11) is -0.264. The molecule has 0 heterocycles. The van der Waals surface area contributed by atoms with Gasteiger partial charge < -0.3 is 20.3 Å². The third kappa shape index (κ3) is 5.22. The molecule has 0 aromatic heterocycles. The Morgan fingerprint density at radius 2 is 1.16 bits per heavy atom. The molecule has 0 aliphatic heterocycles. The fraction of sp³-hybridized carbons (Fsp3) is 0.100. The maximum absolute atomic E-state index is 13.9. The van der Waals surface area contributed by atoms with Gasteiger partial charge in [0.2, 0.25) is 0 Å². The lowest BCUT2D eigenvalue weighted by Crippen LogP contribution is -2.39. The minimum Gasteiger partial charge on any atom is -0.614 e. The largest absolute Gasteiger partial charge is 0.614 e.